The molecule has 2 aliphatic rings. The highest BCUT2D eigenvalue weighted by Gasteiger charge is 2.47. The second kappa shape index (κ2) is 8.01. The average molecular weight is 383 g/mol. The highest BCUT2D eigenvalue weighted by atomic mass is 16.5. The molecule has 1 fully saturated rings. The van der Waals surface area contributed by atoms with Gasteiger partial charge >= 0.3 is 0 Å². The van der Waals surface area contributed by atoms with E-state index in [4.69, 9.17) is 4.74 Å². The Bertz CT molecular complexity index is 794. The Balaban J connectivity index is 1.50. The van der Waals surface area contributed by atoms with E-state index in [0.29, 0.717) is 19.6 Å². The lowest BCUT2D eigenvalue weighted by Crippen LogP contribution is -2.54. The van der Waals surface area contributed by atoms with Crippen LogP contribution < -0.4 is 0 Å². The second-order valence-corrected chi connectivity index (χ2v) is 7.61. The zero-order chi connectivity index (χ0) is 19.6. The number of amides is 1. The van der Waals surface area contributed by atoms with Crippen molar-refractivity contribution >= 4 is 5.91 Å². The summed E-state index contributed by atoms with van der Waals surface area (Å²) in [5.41, 5.74) is 0.606. The number of carbonyl (C=O) groups excluding carboxylic acids is 1. The van der Waals surface area contributed by atoms with Crippen molar-refractivity contribution in [1.29, 1.82) is 0 Å². The molecule has 4 rings (SSSR count). The minimum atomic E-state index is -0.476. The number of piperidine rings is 1. The van der Waals surface area contributed by atoms with E-state index in [2.05, 4.69) is 25.5 Å². The van der Waals surface area contributed by atoms with E-state index in [1.807, 2.05) is 49.5 Å². The van der Waals surface area contributed by atoms with Crippen LogP contribution in [-0.2, 0) is 28.2 Å². The fraction of sp³-hybridized carbons (Fsp3) is 0.571. The number of pyridine rings is 1. The van der Waals surface area contributed by atoms with Gasteiger partial charge in [0.2, 0.25) is 0 Å². The molecule has 1 spiro atoms. The van der Waals surface area contributed by atoms with E-state index in [1.54, 1.807) is 0 Å². The molecule has 0 unspecified atom stereocenters. The third-order valence-corrected chi connectivity index (χ3v) is 5.98. The third kappa shape index (κ3) is 3.56. The number of carbonyl (C=O) groups is 1. The van der Waals surface area contributed by atoms with Gasteiger partial charge in [0.1, 0.15) is 11.4 Å². The predicted octanol–water partition coefficient (Wildman–Crippen LogP) is 2.04. The molecule has 0 aromatic carbocycles. The van der Waals surface area contributed by atoms with Crippen LogP contribution in [0.2, 0.25) is 0 Å². The van der Waals surface area contributed by atoms with Crippen molar-refractivity contribution in [3.05, 3.63) is 48.3 Å². The van der Waals surface area contributed by atoms with Gasteiger partial charge in [0.05, 0.1) is 12.2 Å². The Labute approximate surface area is 166 Å². The van der Waals surface area contributed by atoms with E-state index < -0.39 is 11.7 Å². The van der Waals surface area contributed by atoms with Gasteiger partial charge in [-0.15, -0.1) is 0 Å². The molecule has 1 atom stereocenters. The van der Waals surface area contributed by atoms with Crippen molar-refractivity contribution < 1.29 is 9.53 Å². The first-order valence-electron chi connectivity index (χ1n) is 10.3. The van der Waals surface area contributed by atoms with Crippen molar-refractivity contribution in [3.63, 3.8) is 0 Å². The molecule has 2 aromatic heterocycles. The maximum atomic E-state index is 13.0. The van der Waals surface area contributed by atoms with Crippen LogP contribution >= 0.6 is 0 Å². The van der Waals surface area contributed by atoms with Crippen LogP contribution in [0.5, 0.6) is 0 Å². The van der Waals surface area contributed by atoms with Crippen LogP contribution in [-0.4, -0.2) is 62.5 Å². The summed E-state index contributed by atoms with van der Waals surface area (Å²) in [5.74, 6) is 1.05. The molecule has 2 aromatic rings. The van der Waals surface area contributed by atoms with Gasteiger partial charge in [-0.1, -0.05) is 6.07 Å². The number of imidazole rings is 1. The Morgan fingerprint density at radius 1 is 1.21 bits per heavy atom. The van der Waals surface area contributed by atoms with Gasteiger partial charge in [-0.3, -0.25) is 14.7 Å². The van der Waals surface area contributed by atoms with Crippen LogP contribution in [0.1, 0.15) is 38.2 Å². The number of likely N-dealkylation sites (tertiary alicyclic amines) is 1. The van der Waals surface area contributed by atoms with Crippen molar-refractivity contribution in [2.75, 3.05) is 26.2 Å². The predicted molar refractivity (Wildman–Crippen MR) is 105 cm³/mol. The summed E-state index contributed by atoms with van der Waals surface area (Å²) in [4.78, 5) is 26.3. The topological polar surface area (TPSA) is 63.5 Å². The van der Waals surface area contributed by atoms with Crippen molar-refractivity contribution in [1.82, 2.24) is 24.3 Å². The maximum absolute atomic E-state index is 13.0. The first-order valence-corrected chi connectivity index (χ1v) is 10.3. The zero-order valence-electron chi connectivity index (χ0n) is 16.8. The first-order chi connectivity index (χ1) is 13.6. The number of likely N-dealkylation sites (N-methyl/N-ethyl adjacent to an activating group) is 1. The minimum absolute atomic E-state index is 0.0830. The number of rotatable bonds is 5. The molecule has 0 bridgehead atoms. The Kier molecular flexibility index (Phi) is 5.46. The molecule has 150 valence electrons. The van der Waals surface area contributed by atoms with Gasteiger partial charge in [0.15, 0.2) is 6.10 Å². The number of hydrogen-bond donors (Lipinski definition) is 0. The average Bonchev–Trinajstić information content (AvgIpc) is 3.21. The van der Waals surface area contributed by atoms with Gasteiger partial charge in [-0.2, -0.15) is 0 Å². The third-order valence-electron chi connectivity index (χ3n) is 5.98. The van der Waals surface area contributed by atoms with Crippen LogP contribution in [0.3, 0.4) is 0 Å². The lowest BCUT2D eigenvalue weighted by molar-refractivity contribution is -0.181. The molecular formula is C21H29N5O2. The largest absolute Gasteiger partial charge is 0.352 e. The molecular weight excluding hydrogens is 354 g/mol. The Morgan fingerprint density at radius 2 is 2.00 bits per heavy atom. The molecule has 7 nitrogen and oxygen atoms in total. The van der Waals surface area contributed by atoms with Gasteiger partial charge in [-0.05, 0) is 38.8 Å². The van der Waals surface area contributed by atoms with Crippen molar-refractivity contribution in [3.8, 4) is 0 Å². The summed E-state index contributed by atoms with van der Waals surface area (Å²) in [6, 6.07) is 6.03. The first kappa shape index (κ1) is 19.1. The highest BCUT2D eigenvalue weighted by Crippen LogP contribution is 2.40. The number of aromatic nitrogens is 3. The fourth-order valence-corrected chi connectivity index (χ4v) is 4.40. The molecule has 0 radical (unpaired) electrons. The van der Waals surface area contributed by atoms with Crippen LogP contribution in [0.25, 0.3) is 0 Å². The van der Waals surface area contributed by atoms with Crippen molar-refractivity contribution in [2.45, 2.75) is 51.5 Å². The molecule has 1 amide bonds. The lowest BCUT2D eigenvalue weighted by atomic mass is 9.88. The maximum Gasteiger partial charge on any atom is 0.253 e. The molecule has 4 heterocycles. The van der Waals surface area contributed by atoms with E-state index in [1.165, 1.54) is 0 Å². The van der Waals surface area contributed by atoms with Crippen LogP contribution in [0.15, 0.2) is 36.8 Å². The minimum Gasteiger partial charge on any atom is -0.352 e. The quantitative estimate of drug-likeness (QED) is 0.791. The Morgan fingerprint density at radius 3 is 2.68 bits per heavy atom. The number of hydrogen-bond acceptors (Lipinski definition) is 5. The molecule has 0 saturated carbocycles. The van der Waals surface area contributed by atoms with Gasteiger partial charge in [0.25, 0.3) is 5.91 Å². The van der Waals surface area contributed by atoms with Gasteiger partial charge < -0.3 is 14.2 Å². The SMILES string of the molecule is CCN(CC)C(=O)[C@@H]1Cn2ccnc2C2(CCN(Cc3ccccn3)CC2)O1. The summed E-state index contributed by atoms with van der Waals surface area (Å²) >= 11 is 0. The van der Waals surface area contributed by atoms with E-state index >= 15 is 0 Å². The number of fused-ring (bicyclic) bond motifs is 2. The Hall–Kier alpha value is -2.25. The van der Waals surface area contributed by atoms with E-state index in [-0.39, 0.29) is 5.91 Å². The summed E-state index contributed by atoms with van der Waals surface area (Å²) in [6.45, 7) is 8.62. The highest BCUT2D eigenvalue weighted by molar-refractivity contribution is 5.81. The lowest BCUT2D eigenvalue weighted by Gasteiger charge is -2.46. The molecule has 28 heavy (non-hydrogen) atoms. The molecule has 0 aliphatic carbocycles. The molecule has 7 heteroatoms. The smallest absolute Gasteiger partial charge is 0.253 e. The summed E-state index contributed by atoms with van der Waals surface area (Å²) in [6.07, 6.45) is 6.86. The van der Waals surface area contributed by atoms with E-state index in [9.17, 15) is 4.79 Å². The fourth-order valence-electron chi connectivity index (χ4n) is 4.40. The monoisotopic (exact) mass is 383 g/mol. The second-order valence-electron chi connectivity index (χ2n) is 7.61. The summed E-state index contributed by atoms with van der Waals surface area (Å²) in [5, 5.41) is 0. The number of nitrogens with zero attached hydrogens (tertiary/aromatic N) is 5. The summed E-state index contributed by atoms with van der Waals surface area (Å²) < 4.78 is 8.64. The normalized spacial score (nSPS) is 21.4. The molecule has 0 N–H and O–H groups in total. The van der Waals surface area contributed by atoms with Gasteiger partial charge in [0, 0.05) is 51.3 Å². The van der Waals surface area contributed by atoms with E-state index in [0.717, 1.165) is 44.0 Å². The zero-order valence-corrected chi connectivity index (χ0v) is 16.8. The van der Waals surface area contributed by atoms with Crippen LogP contribution in [0, 0.1) is 0 Å². The molecule has 2 aliphatic heterocycles. The molecule has 1 saturated heterocycles. The van der Waals surface area contributed by atoms with Gasteiger partial charge in [-0.25, -0.2) is 4.98 Å². The van der Waals surface area contributed by atoms with Crippen molar-refractivity contribution in [2.24, 2.45) is 0 Å². The summed E-state index contributed by atoms with van der Waals surface area (Å²) in [7, 11) is 0. The standard InChI is InChI=1S/C21H29N5O2/c1-3-25(4-2)19(27)18-16-26-14-11-23-20(26)21(28-18)8-12-24(13-9-21)15-17-7-5-6-10-22-17/h5-7,10-11,14,18H,3-4,8-9,12-13,15-16H2,1-2H3/t18-/m0/s1. The number of ether oxygens (including phenoxy) is 1. The van der Waals surface area contributed by atoms with Crippen LogP contribution in [0.4, 0.5) is 0 Å².